The third-order valence-corrected chi connectivity index (χ3v) is 5.86. The number of fused-ring (bicyclic) bond motifs is 1. The third-order valence-electron chi connectivity index (χ3n) is 5.86. The molecule has 0 spiro atoms. The maximum atomic E-state index is 12.3. The number of pyridine rings is 2. The summed E-state index contributed by atoms with van der Waals surface area (Å²) in [6.45, 7) is 0. The lowest BCUT2D eigenvalue weighted by atomic mass is 9.96. The quantitative estimate of drug-likeness (QED) is 0.466. The van der Waals surface area contributed by atoms with E-state index in [-0.39, 0.29) is 11.8 Å². The third kappa shape index (κ3) is 3.56. The van der Waals surface area contributed by atoms with Crippen LogP contribution in [-0.4, -0.2) is 34.6 Å². The highest BCUT2D eigenvalue weighted by atomic mass is 16.5. The number of nitrogens with zero attached hydrogens (tertiary/aromatic N) is 3. The molecule has 0 unspecified atom stereocenters. The lowest BCUT2D eigenvalue weighted by molar-refractivity contribution is -0.117. The van der Waals surface area contributed by atoms with Crippen molar-refractivity contribution in [3.05, 3.63) is 55.1 Å². The van der Waals surface area contributed by atoms with Crippen LogP contribution in [0.5, 0.6) is 5.75 Å². The summed E-state index contributed by atoms with van der Waals surface area (Å²) < 4.78 is 7.91. The van der Waals surface area contributed by atoms with Crippen LogP contribution in [0.4, 0.5) is 11.6 Å². The summed E-state index contributed by atoms with van der Waals surface area (Å²) in [4.78, 5) is 21.4. The van der Waals surface area contributed by atoms with Crippen molar-refractivity contribution in [2.45, 2.75) is 12.8 Å². The first kappa shape index (κ1) is 20.1. The van der Waals surface area contributed by atoms with Gasteiger partial charge >= 0.3 is 0 Å². The van der Waals surface area contributed by atoms with E-state index in [9.17, 15) is 4.79 Å². The number of carbonyl (C=O) groups is 1. The maximum Gasteiger partial charge on any atom is 0.228 e. The molecule has 1 fully saturated rings. The number of hydrogen-bond donors (Lipinski definition) is 2. The van der Waals surface area contributed by atoms with Gasteiger partial charge in [0.25, 0.3) is 0 Å². The van der Waals surface area contributed by atoms with Crippen LogP contribution < -0.4 is 15.4 Å². The van der Waals surface area contributed by atoms with Crippen molar-refractivity contribution in [1.29, 1.82) is 0 Å². The SMILES string of the molecule is CNc1ncc(-c2cccc(-c3ccn(C)c3)c2OC)c2cc(NC(=O)C3CC3)ncc12. The summed E-state index contributed by atoms with van der Waals surface area (Å²) in [5.41, 5.74) is 3.93. The fourth-order valence-corrected chi connectivity index (χ4v) is 4.05. The molecule has 0 atom stereocenters. The van der Waals surface area contributed by atoms with Crippen LogP contribution in [0.25, 0.3) is 33.0 Å². The zero-order valence-electron chi connectivity index (χ0n) is 18.3. The molecule has 0 radical (unpaired) electrons. The number of para-hydroxylation sites is 1. The highest BCUT2D eigenvalue weighted by molar-refractivity contribution is 6.05. The number of rotatable bonds is 6. The van der Waals surface area contributed by atoms with Crippen LogP contribution >= 0.6 is 0 Å². The minimum absolute atomic E-state index is 0.0324. The molecule has 0 bridgehead atoms. The zero-order chi connectivity index (χ0) is 22.2. The number of amides is 1. The number of carbonyl (C=O) groups excluding carboxylic acids is 1. The molecule has 7 nitrogen and oxygen atoms in total. The zero-order valence-corrected chi connectivity index (χ0v) is 18.3. The second kappa shape index (κ2) is 8.00. The van der Waals surface area contributed by atoms with E-state index in [1.807, 2.05) is 49.3 Å². The van der Waals surface area contributed by atoms with Crippen molar-refractivity contribution in [2.24, 2.45) is 13.0 Å². The molecule has 7 heteroatoms. The Hall–Kier alpha value is -3.87. The van der Waals surface area contributed by atoms with E-state index in [0.29, 0.717) is 5.82 Å². The molecule has 1 aromatic carbocycles. The second-order valence-corrected chi connectivity index (χ2v) is 8.10. The molecule has 1 amide bonds. The van der Waals surface area contributed by atoms with Gasteiger partial charge in [0.15, 0.2) is 0 Å². The molecule has 4 aromatic rings. The molecule has 0 saturated heterocycles. The number of methoxy groups -OCH3 is 1. The van der Waals surface area contributed by atoms with E-state index in [1.165, 1.54) is 0 Å². The van der Waals surface area contributed by atoms with Gasteiger partial charge in [-0.3, -0.25) is 4.79 Å². The molecule has 0 aliphatic heterocycles. The largest absolute Gasteiger partial charge is 0.495 e. The van der Waals surface area contributed by atoms with Gasteiger partial charge < -0.3 is 19.9 Å². The molecule has 1 aliphatic carbocycles. The van der Waals surface area contributed by atoms with Crippen molar-refractivity contribution in [3.63, 3.8) is 0 Å². The summed E-state index contributed by atoms with van der Waals surface area (Å²) in [5, 5.41) is 7.90. The van der Waals surface area contributed by atoms with Crippen LogP contribution in [-0.2, 0) is 11.8 Å². The summed E-state index contributed by atoms with van der Waals surface area (Å²) >= 11 is 0. The van der Waals surface area contributed by atoms with Gasteiger partial charge in [-0.15, -0.1) is 0 Å². The first-order valence-corrected chi connectivity index (χ1v) is 10.7. The van der Waals surface area contributed by atoms with Gasteiger partial charge in [-0.1, -0.05) is 18.2 Å². The Morgan fingerprint density at radius 2 is 1.91 bits per heavy atom. The highest BCUT2D eigenvalue weighted by Crippen LogP contribution is 2.42. The number of ether oxygens (including phenoxy) is 1. The summed E-state index contributed by atoms with van der Waals surface area (Å²) in [5.74, 6) is 2.20. The van der Waals surface area contributed by atoms with Gasteiger partial charge in [0.2, 0.25) is 5.91 Å². The molecule has 5 rings (SSSR count). The number of anilines is 2. The van der Waals surface area contributed by atoms with E-state index in [4.69, 9.17) is 4.74 Å². The molecule has 1 saturated carbocycles. The second-order valence-electron chi connectivity index (χ2n) is 8.10. The molecule has 3 aromatic heterocycles. The Labute approximate surface area is 186 Å². The van der Waals surface area contributed by atoms with E-state index in [2.05, 4.69) is 38.9 Å². The average molecular weight is 428 g/mol. The molecular formula is C25H25N5O2. The summed E-state index contributed by atoms with van der Waals surface area (Å²) in [6.07, 6.45) is 9.57. The fraction of sp³-hybridized carbons (Fsp3) is 0.240. The first-order valence-electron chi connectivity index (χ1n) is 10.7. The van der Waals surface area contributed by atoms with Crippen LogP contribution in [0.1, 0.15) is 12.8 Å². The van der Waals surface area contributed by atoms with Crippen LogP contribution in [0.15, 0.2) is 55.1 Å². The number of aryl methyl sites for hydroxylation is 1. The van der Waals surface area contributed by atoms with Gasteiger partial charge in [-0.05, 0) is 25.0 Å². The smallest absolute Gasteiger partial charge is 0.228 e. The first-order chi connectivity index (χ1) is 15.6. The van der Waals surface area contributed by atoms with E-state index < -0.39 is 0 Å². The highest BCUT2D eigenvalue weighted by Gasteiger charge is 2.30. The van der Waals surface area contributed by atoms with E-state index >= 15 is 0 Å². The number of hydrogen-bond acceptors (Lipinski definition) is 5. The molecule has 32 heavy (non-hydrogen) atoms. The van der Waals surface area contributed by atoms with Crippen molar-refractivity contribution >= 4 is 28.3 Å². The minimum atomic E-state index is 0.0324. The number of aromatic nitrogens is 3. The molecule has 3 heterocycles. The predicted molar refractivity (Wildman–Crippen MR) is 127 cm³/mol. The Balaban J connectivity index is 1.68. The number of benzene rings is 1. The number of nitrogens with one attached hydrogen (secondary N) is 2. The van der Waals surface area contributed by atoms with Gasteiger partial charge in [0.1, 0.15) is 17.4 Å². The maximum absolute atomic E-state index is 12.3. The van der Waals surface area contributed by atoms with Crippen LogP contribution in [0, 0.1) is 5.92 Å². The molecular weight excluding hydrogens is 402 g/mol. The van der Waals surface area contributed by atoms with Crippen molar-refractivity contribution < 1.29 is 9.53 Å². The Kier molecular flexibility index (Phi) is 5.01. The van der Waals surface area contributed by atoms with Gasteiger partial charge in [-0.2, -0.15) is 0 Å². The van der Waals surface area contributed by atoms with Crippen molar-refractivity contribution in [3.8, 4) is 28.0 Å². The van der Waals surface area contributed by atoms with E-state index in [1.54, 1.807) is 13.3 Å². The Morgan fingerprint density at radius 1 is 1.09 bits per heavy atom. The lowest BCUT2D eigenvalue weighted by Gasteiger charge is -2.16. The van der Waals surface area contributed by atoms with Crippen LogP contribution in [0.3, 0.4) is 0 Å². The Morgan fingerprint density at radius 3 is 2.59 bits per heavy atom. The van der Waals surface area contributed by atoms with Crippen molar-refractivity contribution in [2.75, 3.05) is 24.8 Å². The molecule has 2 N–H and O–H groups in total. The topological polar surface area (TPSA) is 81.1 Å². The van der Waals surface area contributed by atoms with E-state index in [0.717, 1.165) is 57.4 Å². The lowest BCUT2D eigenvalue weighted by Crippen LogP contribution is -2.14. The van der Waals surface area contributed by atoms with Gasteiger partial charge in [0.05, 0.1) is 7.11 Å². The Bertz CT molecular complexity index is 1320. The summed E-state index contributed by atoms with van der Waals surface area (Å²) in [7, 11) is 5.52. The van der Waals surface area contributed by atoms with Crippen molar-refractivity contribution in [1.82, 2.24) is 14.5 Å². The monoisotopic (exact) mass is 427 g/mol. The molecule has 162 valence electrons. The normalized spacial score (nSPS) is 13.2. The van der Waals surface area contributed by atoms with Gasteiger partial charge in [-0.25, -0.2) is 9.97 Å². The fourth-order valence-electron chi connectivity index (χ4n) is 4.05. The average Bonchev–Trinajstić information content (AvgIpc) is 3.58. The van der Waals surface area contributed by atoms with Gasteiger partial charge in [0, 0.05) is 77.8 Å². The standard InChI is InChI=1S/C25H25N5O2/c1-26-24-21-13-27-22(29-25(31)15-7-8-15)11-19(21)20(12-28-24)18-6-4-5-17(23(18)32-3)16-9-10-30(2)14-16/h4-6,9-15H,7-8H2,1-3H3,(H,26,28)(H,27,29,31). The predicted octanol–water partition coefficient (Wildman–Crippen LogP) is 4.70. The minimum Gasteiger partial charge on any atom is -0.495 e. The molecule has 1 aliphatic rings. The summed E-state index contributed by atoms with van der Waals surface area (Å²) in [6, 6.07) is 10.1. The van der Waals surface area contributed by atoms with Crippen LogP contribution in [0.2, 0.25) is 0 Å².